The number of hydrogen-bond acceptors (Lipinski definition) is 12. The molecule has 2 aliphatic carbocycles. The van der Waals surface area contributed by atoms with E-state index in [0.29, 0.717) is 19.4 Å². The van der Waals surface area contributed by atoms with Crippen molar-refractivity contribution in [1.29, 1.82) is 0 Å². The van der Waals surface area contributed by atoms with Crippen LogP contribution in [-0.2, 0) is 14.3 Å². The number of nitrogens with zero attached hydrogens (tertiary/aromatic N) is 6. The maximum Gasteiger partial charge on any atom is 1.00 e. The molecule has 6 rings (SSSR count). The Morgan fingerprint density at radius 1 is 0.700 bits per heavy atom. The third-order valence-corrected chi connectivity index (χ3v) is 8.82. The molecule has 2 saturated carbocycles. The van der Waals surface area contributed by atoms with E-state index in [4.69, 9.17) is 9.84 Å². The molecule has 4 aromatic heterocycles. The Kier molecular flexibility index (Phi) is 14.9. The van der Waals surface area contributed by atoms with Gasteiger partial charge in [-0.2, -0.15) is 10.2 Å². The first-order chi connectivity index (χ1) is 23.1. The standard InChI is InChI=1S/C18H25N5O2.C16H21N5O2.Li.H2O/c1-4-25-18(24)14-7-5-13(6-8-14)17-19-11(2)9-15(21-17)20-16-10-12(3)22-23-16;1-9-7-13(18-14-8-10(2)20-21-14)19-15(17-9)11-3-5-12(6-4-11)16(22)23;;/h9-10,13-14H,4-8H2,1-3H3,(H2,19,20,21,22,23);7-8,11-12H,3-6H2,1-2H3,(H,22,23)(H2,17,18,19,20,21);;1H2/q;;+1;/p-1. The zero-order chi connectivity index (χ0) is 34.2. The average molecular weight is 683 g/mol. The van der Waals surface area contributed by atoms with E-state index in [0.717, 1.165) is 96.2 Å². The maximum atomic E-state index is 11.9. The molecule has 0 radical (unpaired) electrons. The van der Waals surface area contributed by atoms with Crippen LogP contribution in [0.2, 0.25) is 0 Å². The van der Waals surface area contributed by atoms with Gasteiger partial charge in [0.1, 0.15) is 23.3 Å². The minimum atomic E-state index is -0.690. The SMILES string of the molecule is CCOC(=O)C1CCC(c2nc(C)cc(Nc3cc(C)[nH]n3)n2)CC1.Cc1cc(Nc2cc(C)[nH]n2)nc(C2CCC(C(=O)O)CC2)n1.[Li+].[OH-]. The minimum Gasteiger partial charge on any atom is -0.870 e. The van der Waals surface area contributed by atoms with Gasteiger partial charge in [0, 0.05) is 58.9 Å². The summed E-state index contributed by atoms with van der Waals surface area (Å²) >= 11 is 0. The molecule has 0 aliphatic heterocycles. The van der Waals surface area contributed by atoms with Crippen molar-refractivity contribution in [2.45, 2.75) is 97.8 Å². The molecule has 264 valence electrons. The van der Waals surface area contributed by atoms with Crippen LogP contribution in [0.5, 0.6) is 0 Å². The van der Waals surface area contributed by atoms with E-state index in [1.807, 2.05) is 58.9 Å². The Hall–Kier alpha value is -4.32. The molecule has 4 aromatic rings. The number of esters is 1. The topological polar surface area (TPSA) is 227 Å². The summed E-state index contributed by atoms with van der Waals surface area (Å²) in [4.78, 5) is 41.4. The summed E-state index contributed by atoms with van der Waals surface area (Å²) in [5.41, 5.74) is 3.79. The number of aromatic amines is 2. The molecular formula is C34H47LiN10O5. The number of rotatable bonds is 9. The van der Waals surface area contributed by atoms with Gasteiger partial charge in [0.05, 0.1) is 18.4 Å². The molecule has 0 bridgehead atoms. The van der Waals surface area contributed by atoms with Crippen molar-refractivity contribution < 1.29 is 43.8 Å². The third-order valence-electron chi connectivity index (χ3n) is 8.82. The van der Waals surface area contributed by atoms with Crippen LogP contribution in [-0.4, -0.2) is 69.5 Å². The van der Waals surface area contributed by atoms with E-state index in [2.05, 4.69) is 51.0 Å². The zero-order valence-corrected chi connectivity index (χ0v) is 29.8. The first-order valence-corrected chi connectivity index (χ1v) is 16.7. The largest absolute Gasteiger partial charge is 1.00 e. The monoisotopic (exact) mass is 682 g/mol. The molecule has 50 heavy (non-hydrogen) atoms. The normalized spacial score (nSPS) is 19.9. The molecule has 2 aliphatic rings. The van der Waals surface area contributed by atoms with Crippen LogP contribution in [0.3, 0.4) is 0 Å². The molecule has 4 heterocycles. The van der Waals surface area contributed by atoms with Crippen molar-refractivity contribution in [3.8, 4) is 0 Å². The van der Waals surface area contributed by atoms with E-state index >= 15 is 0 Å². The summed E-state index contributed by atoms with van der Waals surface area (Å²) in [6.07, 6.45) is 6.52. The third kappa shape index (κ3) is 11.1. The summed E-state index contributed by atoms with van der Waals surface area (Å²) in [6.45, 7) is 10.1. The zero-order valence-electron chi connectivity index (χ0n) is 29.8. The number of aromatic nitrogens is 8. The fourth-order valence-corrected chi connectivity index (χ4v) is 6.35. The molecule has 2 fully saturated rings. The van der Waals surface area contributed by atoms with E-state index in [9.17, 15) is 9.59 Å². The number of aliphatic carboxylic acids is 1. The fourth-order valence-electron chi connectivity index (χ4n) is 6.35. The Bertz CT molecular complexity index is 1700. The van der Waals surface area contributed by atoms with Gasteiger partial charge < -0.3 is 26.0 Å². The minimum absolute atomic E-state index is 0. The van der Waals surface area contributed by atoms with E-state index < -0.39 is 5.97 Å². The van der Waals surface area contributed by atoms with Crippen molar-refractivity contribution in [1.82, 2.24) is 40.3 Å². The molecule has 16 heteroatoms. The van der Waals surface area contributed by atoms with Crippen LogP contribution in [0.15, 0.2) is 24.3 Å². The molecule has 6 N–H and O–H groups in total. The van der Waals surface area contributed by atoms with Gasteiger partial charge in [0.15, 0.2) is 11.6 Å². The van der Waals surface area contributed by atoms with Crippen molar-refractivity contribution in [3.05, 3.63) is 58.7 Å². The van der Waals surface area contributed by atoms with Crippen LogP contribution in [0.4, 0.5) is 23.3 Å². The number of carboxylic acids is 1. The molecule has 15 nitrogen and oxygen atoms in total. The van der Waals surface area contributed by atoms with Crippen LogP contribution in [0.1, 0.15) is 105 Å². The predicted molar refractivity (Wildman–Crippen MR) is 182 cm³/mol. The number of nitrogens with one attached hydrogen (secondary N) is 4. The number of ether oxygens (including phenoxy) is 1. The van der Waals surface area contributed by atoms with Crippen LogP contribution >= 0.6 is 0 Å². The van der Waals surface area contributed by atoms with Crippen molar-refractivity contribution >= 4 is 35.2 Å². The van der Waals surface area contributed by atoms with Gasteiger partial charge in [0.25, 0.3) is 0 Å². The molecule has 0 amide bonds. The Labute approximate surface area is 304 Å². The predicted octanol–water partition coefficient (Wildman–Crippen LogP) is 3.14. The Morgan fingerprint density at radius 3 is 1.48 bits per heavy atom. The summed E-state index contributed by atoms with van der Waals surface area (Å²) in [7, 11) is 0. The van der Waals surface area contributed by atoms with Gasteiger partial charge in [0.2, 0.25) is 0 Å². The fraction of sp³-hybridized carbons (Fsp3) is 0.529. The number of carbonyl (C=O) groups is 2. The Balaban J connectivity index is 0.000000261. The summed E-state index contributed by atoms with van der Waals surface area (Å²) in [6, 6.07) is 7.64. The Morgan fingerprint density at radius 2 is 1.12 bits per heavy atom. The van der Waals surface area contributed by atoms with E-state index in [1.165, 1.54) is 0 Å². The van der Waals surface area contributed by atoms with E-state index in [-0.39, 0.29) is 54.0 Å². The van der Waals surface area contributed by atoms with Gasteiger partial charge in [-0.25, -0.2) is 19.9 Å². The second kappa shape index (κ2) is 18.6. The molecule has 0 unspecified atom stereocenters. The number of carboxylic acid groups (broad SMARTS) is 1. The van der Waals surface area contributed by atoms with Crippen molar-refractivity contribution in [2.75, 3.05) is 17.2 Å². The van der Waals surface area contributed by atoms with Crippen LogP contribution in [0, 0.1) is 39.5 Å². The molecule has 0 aromatic carbocycles. The second-order valence-electron chi connectivity index (χ2n) is 12.8. The maximum absolute atomic E-state index is 11.9. The molecular weight excluding hydrogens is 635 g/mol. The first kappa shape index (κ1) is 40.1. The molecule has 0 saturated heterocycles. The first-order valence-electron chi connectivity index (χ1n) is 16.7. The number of anilines is 4. The van der Waals surface area contributed by atoms with Gasteiger partial charge in [-0.05, 0) is 86.0 Å². The molecule has 0 spiro atoms. The van der Waals surface area contributed by atoms with Gasteiger partial charge >= 0.3 is 30.8 Å². The smallest absolute Gasteiger partial charge is 0.870 e. The summed E-state index contributed by atoms with van der Waals surface area (Å²) in [5, 5.41) is 29.6. The van der Waals surface area contributed by atoms with Crippen molar-refractivity contribution in [2.24, 2.45) is 11.8 Å². The second-order valence-corrected chi connectivity index (χ2v) is 12.8. The van der Waals surface area contributed by atoms with Gasteiger partial charge in [-0.1, -0.05) is 0 Å². The van der Waals surface area contributed by atoms with Crippen LogP contribution < -0.4 is 29.5 Å². The summed E-state index contributed by atoms with van der Waals surface area (Å²) in [5.74, 6) is 4.13. The number of aryl methyl sites for hydroxylation is 4. The number of H-pyrrole nitrogens is 2. The average Bonchev–Trinajstić information content (AvgIpc) is 3.67. The summed E-state index contributed by atoms with van der Waals surface area (Å²) < 4.78 is 5.14. The van der Waals surface area contributed by atoms with Crippen LogP contribution in [0.25, 0.3) is 0 Å². The quantitative estimate of drug-likeness (QED) is 0.126. The van der Waals surface area contributed by atoms with E-state index in [1.54, 1.807) is 0 Å². The van der Waals surface area contributed by atoms with Crippen molar-refractivity contribution in [3.63, 3.8) is 0 Å². The number of carbonyl (C=O) groups excluding carboxylic acids is 1. The molecule has 0 atom stereocenters. The van der Waals surface area contributed by atoms with Gasteiger partial charge in [-0.3, -0.25) is 19.8 Å². The number of hydrogen-bond donors (Lipinski definition) is 5. The van der Waals surface area contributed by atoms with Gasteiger partial charge in [-0.15, -0.1) is 0 Å².